The van der Waals surface area contributed by atoms with Gasteiger partial charge in [0.1, 0.15) is 6.61 Å². The molecule has 0 N–H and O–H groups in total. The van der Waals surface area contributed by atoms with E-state index >= 15 is 0 Å². The first-order chi connectivity index (χ1) is 6.75. The van der Waals surface area contributed by atoms with Crippen LogP contribution < -0.4 is 0 Å². The number of rotatable bonds is 0. The minimum atomic E-state index is 0.120. The number of nitrogens with zero attached hydrogens (tertiary/aromatic N) is 1. The van der Waals surface area contributed by atoms with Crippen LogP contribution in [0, 0.1) is 0 Å². The quantitative estimate of drug-likeness (QED) is 0.600. The number of morpholine rings is 1. The van der Waals surface area contributed by atoms with Crippen molar-refractivity contribution in [2.45, 2.75) is 46.1 Å². The first-order valence-electron chi connectivity index (χ1n) is 5.59. The predicted octanol–water partition coefficient (Wildman–Crippen LogP) is 2.06. The number of likely N-dealkylation sites (N-methyl/N-ethyl adjacent to an activating group) is 1. The van der Waals surface area contributed by atoms with E-state index in [-0.39, 0.29) is 18.1 Å². The largest absolute Gasteiger partial charge is 0.369 e. The van der Waals surface area contributed by atoms with Crippen molar-refractivity contribution in [1.82, 2.24) is 4.90 Å². The molecule has 1 amide bonds. The molecule has 3 nitrogen and oxygen atoms in total. The topological polar surface area (TPSA) is 29.5 Å². The van der Waals surface area contributed by atoms with Crippen molar-refractivity contribution >= 4 is 5.91 Å². The Morgan fingerprint density at radius 3 is 2.07 bits per heavy atom. The highest BCUT2D eigenvalue weighted by Gasteiger charge is 2.50. The minimum Gasteiger partial charge on any atom is -0.369 e. The SMILES string of the molecule is CC.CC.CN1C(=O)COCC12CC2. The van der Waals surface area contributed by atoms with Crippen LogP contribution in [0.5, 0.6) is 0 Å². The Kier molecular flexibility index (Phi) is 5.77. The molecule has 0 aromatic carbocycles. The van der Waals surface area contributed by atoms with Crippen molar-refractivity contribution in [2.75, 3.05) is 20.3 Å². The van der Waals surface area contributed by atoms with E-state index in [9.17, 15) is 4.79 Å². The molecule has 0 atom stereocenters. The molecule has 0 bridgehead atoms. The molecule has 1 heterocycles. The number of hydrogen-bond donors (Lipinski definition) is 0. The maximum absolute atomic E-state index is 11.1. The summed E-state index contributed by atoms with van der Waals surface area (Å²) in [4.78, 5) is 12.9. The summed E-state index contributed by atoms with van der Waals surface area (Å²) in [6, 6.07) is 0. The summed E-state index contributed by atoms with van der Waals surface area (Å²) in [6.07, 6.45) is 2.24. The lowest BCUT2D eigenvalue weighted by Gasteiger charge is -2.32. The zero-order chi connectivity index (χ0) is 11.2. The molecule has 1 saturated heterocycles. The van der Waals surface area contributed by atoms with Crippen LogP contribution in [0.15, 0.2) is 0 Å². The molecule has 2 rings (SSSR count). The average molecular weight is 201 g/mol. The van der Waals surface area contributed by atoms with Crippen molar-refractivity contribution in [3.63, 3.8) is 0 Å². The van der Waals surface area contributed by atoms with Gasteiger partial charge in [-0.2, -0.15) is 0 Å². The van der Waals surface area contributed by atoms with Crippen LogP contribution >= 0.6 is 0 Å². The van der Waals surface area contributed by atoms with Crippen LogP contribution in [0.4, 0.5) is 0 Å². The molecule has 2 aliphatic rings. The van der Waals surface area contributed by atoms with Gasteiger partial charge in [0.2, 0.25) is 5.91 Å². The van der Waals surface area contributed by atoms with Gasteiger partial charge in [-0.1, -0.05) is 27.7 Å². The molecular weight excluding hydrogens is 178 g/mol. The van der Waals surface area contributed by atoms with Gasteiger partial charge in [0.15, 0.2) is 0 Å². The lowest BCUT2D eigenvalue weighted by atomic mass is 10.2. The van der Waals surface area contributed by atoms with Crippen molar-refractivity contribution in [3.05, 3.63) is 0 Å². The molecule has 1 spiro atoms. The fourth-order valence-corrected chi connectivity index (χ4v) is 1.41. The Morgan fingerprint density at radius 1 is 1.21 bits per heavy atom. The van der Waals surface area contributed by atoms with E-state index in [2.05, 4.69) is 0 Å². The molecule has 0 aromatic heterocycles. The lowest BCUT2D eigenvalue weighted by molar-refractivity contribution is -0.147. The maximum atomic E-state index is 11.1. The van der Waals surface area contributed by atoms with Crippen LogP contribution in [0.25, 0.3) is 0 Å². The highest BCUT2D eigenvalue weighted by molar-refractivity contribution is 5.79. The van der Waals surface area contributed by atoms with E-state index in [0.717, 1.165) is 19.4 Å². The molecule has 2 fully saturated rings. The number of carbonyl (C=O) groups is 1. The Morgan fingerprint density at radius 2 is 1.71 bits per heavy atom. The zero-order valence-electron chi connectivity index (χ0n) is 10.1. The molecule has 0 unspecified atom stereocenters. The Hall–Kier alpha value is -0.570. The zero-order valence-corrected chi connectivity index (χ0v) is 10.1. The van der Waals surface area contributed by atoms with Crippen LogP contribution in [0.3, 0.4) is 0 Å². The third kappa shape index (κ3) is 2.71. The third-order valence-corrected chi connectivity index (χ3v) is 2.51. The second-order valence-electron chi connectivity index (χ2n) is 3.17. The number of ether oxygens (including phenoxy) is 1. The maximum Gasteiger partial charge on any atom is 0.248 e. The summed E-state index contributed by atoms with van der Waals surface area (Å²) < 4.78 is 5.14. The van der Waals surface area contributed by atoms with Gasteiger partial charge in [-0.05, 0) is 12.8 Å². The third-order valence-electron chi connectivity index (χ3n) is 2.51. The van der Waals surface area contributed by atoms with Gasteiger partial charge in [-0.15, -0.1) is 0 Å². The Bertz CT molecular complexity index is 176. The van der Waals surface area contributed by atoms with Crippen LogP contribution in [0.1, 0.15) is 40.5 Å². The number of carbonyl (C=O) groups excluding carboxylic acids is 1. The summed E-state index contributed by atoms with van der Waals surface area (Å²) >= 11 is 0. The first-order valence-corrected chi connectivity index (χ1v) is 5.59. The Balaban J connectivity index is 0.000000379. The number of hydrogen-bond acceptors (Lipinski definition) is 2. The summed E-state index contributed by atoms with van der Waals surface area (Å²) in [7, 11) is 1.87. The Labute approximate surface area is 87.4 Å². The molecular formula is C11H23NO2. The fourth-order valence-electron chi connectivity index (χ4n) is 1.41. The normalized spacial score (nSPS) is 21.8. The van der Waals surface area contributed by atoms with Gasteiger partial charge in [-0.3, -0.25) is 4.79 Å². The van der Waals surface area contributed by atoms with Gasteiger partial charge >= 0.3 is 0 Å². The lowest BCUT2D eigenvalue weighted by Crippen LogP contribution is -2.48. The standard InChI is InChI=1S/C7H11NO2.2C2H6/c1-8-6(9)4-10-5-7(8)2-3-7;2*1-2/h2-5H2,1H3;2*1-2H3. The first kappa shape index (κ1) is 13.4. The summed E-state index contributed by atoms with van der Waals surface area (Å²) in [5.41, 5.74) is 0.120. The molecule has 1 aliphatic carbocycles. The highest BCUT2D eigenvalue weighted by Crippen LogP contribution is 2.42. The summed E-state index contributed by atoms with van der Waals surface area (Å²) in [6.45, 7) is 9.02. The van der Waals surface area contributed by atoms with Crippen LogP contribution in [-0.2, 0) is 9.53 Å². The van der Waals surface area contributed by atoms with Crippen molar-refractivity contribution in [1.29, 1.82) is 0 Å². The predicted molar refractivity (Wildman–Crippen MR) is 58.3 cm³/mol. The molecule has 1 aliphatic heterocycles. The van der Waals surface area contributed by atoms with Crippen LogP contribution in [-0.4, -0.2) is 36.6 Å². The van der Waals surface area contributed by atoms with Gasteiger partial charge in [0.05, 0.1) is 12.1 Å². The molecule has 0 radical (unpaired) electrons. The second-order valence-corrected chi connectivity index (χ2v) is 3.17. The molecule has 14 heavy (non-hydrogen) atoms. The van der Waals surface area contributed by atoms with E-state index in [1.165, 1.54) is 0 Å². The highest BCUT2D eigenvalue weighted by atomic mass is 16.5. The van der Waals surface area contributed by atoms with Gasteiger partial charge in [-0.25, -0.2) is 0 Å². The molecule has 0 aromatic rings. The van der Waals surface area contributed by atoms with Gasteiger partial charge < -0.3 is 9.64 Å². The number of amides is 1. The van der Waals surface area contributed by atoms with E-state index in [1.807, 2.05) is 39.6 Å². The molecule has 84 valence electrons. The van der Waals surface area contributed by atoms with E-state index in [1.54, 1.807) is 0 Å². The smallest absolute Gasteiger partial charge is 0.248 e. The fraction of sp³-hybridized carbons (Fsp3) is 0.909. The molecule has 1 saturated carbocycles. The van der Waals surface area contributed by atoms with Crippen molar-refractivity contribution in [2.24, 2.45) is 0 Å². The van der Waals surface area contributed by atoms with Gasteiger partial charge in [0, 0.05) is 7.05 Å². The summed E-state index contributed by atoms with van der Waals surface area (Å²) in [5.74, 6) is 0.128. The molecule has 3 heteroatoms. The summed E-state index contributed by atoms with van der Waals surface area (Å²) in [5, 5.41) is 0. The average Bonchev–Trinajstić information content (AvgIpc) is 3.02. The monoisotopic (exact) mass is 201 g/mol. The van der Waals surface area contributed by atoms with E-state index in [4.69, 9.17) is 4.74 Å². The van der Waals surface area contributed by atoms with Crippen LogP contribution in [0.2, 0.25) is 0 Å². The van der Waals surface area contributed by atoms with Crippen molar-refractivity contribution < 1.29 is 9.53 Å². The van der Waals surface area contributed by atoms with Crippen molar-refractivity contribution in [3.8, 4) is 0 Å². The minimum absolute atomic E-state index is 0.120. The van der Waals surface area contributed by atoms with Gasteiger partial charge in [0.25, 0.3) is 0 Å². The van der Waals surface area contributed by atoms with E-state index < -0.39 is 0 Å². The second kappa shape index (κ2) is 6.02. The van der Waals surface area contributed by atoms with E-state index in [0.29, 0.717) is 0 Å².